The van der Waals surface area contributed by atoms with Crippen LogP contribution in [-0.2, 0) is 21.5 Å². The summed E-state index contributed by atoms with van der Waals surface area (Å²) in [6.07, 6.45) is 9.43. The van der Waals surface area contributed by atoms with Crippen LogP contribution in [0.25, 0.3) is 10.9 Å². The lowest BCUT2D eigenvalue weighted by Crippen LogP contribution is -2.37. The Bertz CT molecular complexity index is 1430. The number of carbonyl (C=O) groups excluding carboxylic acids is 1. The number of nitrogens with zero attached hydrogens (tertiary/aromatic N) is 4. The summed E-state index contributed by atoms with van der Waals surface area (Å²) in [6, 6.07) is 9.85. The van der Waals surface area contributed by atoms with Gasteiger partial charge in [0.15, 0.2) is 15.8 Å². The van der Waals surface area contributed by atoms with E-state index in [4.69, 9.17) is 19.4 Å². The molecule has 1 aromatic carbocycles. The number of terminal acetylenes is 1. The summed E-state index contributed by atoms with van der Waals surface area (Å²) < 4.78 is 61.0. The van der Waals surface area contributed by atoms with Crippen molar-refractivity contribution in [3.05, 3.63) is 59.4 Å². The minimum Gasteiger partial charge on any atom is -0.741 e. The van der Waals surface area contributed by atoms with E-state index in [0.29, 0.717) is 18.5 Å². The number of fused-ring (bicyclic) bond motifs is 2. The van der Waals surface area contributed by atoms with E-state index in [1.807, 2.05) is 37.3 Å². The van der Waals surface area contributed by atoms with E-state index in [1.54, 1.807) is 12.2 Å². The van der Waals surface area contributed by atoms with Crippen LogP contribution < -0.4 is 9.88 Å². The second-order valence-electron chi connectivity index (χ2n) is 7.05. The van der Waals surface area contributed by atoms with Crippen molar-refractivity contribution in [2.45, 2.75) is 25.4 Å². The molecule has 2 aromatic rings. The van der Waals surface area contributed by atoms with Crippen LogP contribution in [0.1, 0.15) is 12.1 Å². The molecule has 4 rings (SSSR count). The standard InChI is InChI=1S/C20H15N5O.CHF3O3S/c1-3-10-25-13(2)4-5-14-11-16(7-9-19(14)25)21-20(26)15-6-8-17-18(12-15)23-24-22-17;2-1(3,4)8(5,6)7/h1,4-9,11H,10,12H2,2H3;(H,5,6,7). The first kappa shape index (κ1) is 24.7. The molecule has 0 bridgehead atoms. The molecule has 1 aliphatic carbocycles. The monoisotopic (exact) mass is 491 g/mol. The Morgan fingerprint density at radius 3 is 2.62 bits per heavy atom. The third-order valence-corrected chi connectivity index (χ3v) is 5.31. The summed E-state index contributed by atoms with van der Waals surface area (Å²) in [5.74, 6) is 2.52. The number of amides is 1. The van der Waals surface area contributed by atoms with E-state index in [1.165, 1.54) is 0 Å². The van der Waals surface area contributed by atoms with Gasteiger partial charge in [0.05, 0.1) is 5.71 Å². The van der Waals surface area contributed by atoms with Crippen LogP contribution in [0.5, 0.6) is 0 Å². The summed E-state index contributed by atoms with van der Waals surface area (Å²) in [7, 11) is -6.09. The molecule has 0 unspecified atom stereocenters. The van der Waals surface area contributed by atoms with Gasteiger partial charge in [-0.3, -0.25) is 4.79 Å². The number of alkyl halides is 3. The quantitative estimate of drug-likeness (QED) is 0.306. The van der Waals surface area contributed by atoms with Crippen LogP contribution in [0, 0.1) is 19.3 Å². The number of rotatable bonds is 3. The Kier molecular flexibility index (Phi) is 6.94. The number of benzene rings is 1. The van der Waals surface area contributed by atoms with Gasteiger partial charge in [0.1, 0.15) is 5.70 Å². The number of nitrogens with one attached hydrogen (secondary N) is 1. The average molecular weight is 491 g/mol. The van der Waals surface area contributed by atoms with Crippen molar-refractivity contribution < 1.29 is 35.5 Å². The summed E-state index contributed by atoms with van der Waals surface area (Å²) in [5.41, 5.74) is -0.706. The molecule has 176 valence electrons. The fourth-order valence-electron chi connectivity index (χ4n) is 3.08. The van der Waals surface area contributed by atoms with Crippen molar-refractivity contribution in [1.29, 1.82) is 0 Å². The van der Waals surface area contributed by atoms with Gasteiger partial charge in [-0.25, -0.2) is 8.42 Å². The number of hydrogen-bond donors (Lipinski definition) is 1. The highest BCUT2D eigenvalue weighted by molar-refractivity contribution is 7.86. The zero-order valence-electron chi connectivity index (χ0n) is 17.5. The highest BCUT2D eigenvalue weighted by atomic mass is 32.2. The molecule has 0 fully saturated rings. The van der Waals surface area contributed by atoms with Gasteiger partial charge in [-0.2, -0.15) is 17.7 Å². The minimum atomic E-state index is -6.09. The largest absolute Gasteiger partial charge is 0.741 e. The Hall–Kier alpha value is -3.89. The molecule has 2 heterocycles. The molecule has 0 radical (unpaired) electrons. The maximum Gasteiger partial charge on any atom is 0.485 e. The molecule has 34 heavy (non-hydrogen) atoms. The highest BCUT2D eigenvalue weighted by Gasteiger charge is 2.36. The second-order valence-corrected chi connectivity index (χ2v) is 8.42. The number of aromatic nitrogens is 1. The normalized spacial score (nSPS) is 14.8. The van der Waals surface area contributed by atoms with E-state index in [0.717, 1.165) is 33.7 Å². The third kappa shape index (κ3) is 5.53. The maximum atomic E-state index is 12.6. The maximum absolute atomic E-state index is 12.6. The minimum absolute atomic E-state index is 0.155. The van der Waals surface area contributed by atoms with Gasteiger partial charge in [-0.05, 0) is 35.4 Å². The molecule has 9 nitrogen and oxygen atoms in total. The lowest BCUT2D eigenvalue weighted by atomic mass is 10.0. The highest BCUT2D eigenvalue weighted by Crippen LogP contribution is 2.24. The first-order valence-electron chi connectivity index (χ1n) is 9.49. The predicted molar refractivity (Wildman–Crippen MR) is 115 cm³/mol. The SMILES string of the molecule is C#CC[n+]1c(C)ccc2cc(NC(=O)C3=CC=C4N=NN=C4C3)ccc21.O=S(=O)([O-])C(F)(F)F. The molecule has 0 saturated carbocycles. The van der Waals surface area contributed by atoms with Gasteiger partial charge in [-0.1, -0.05) is 6.08 Å². The van der Waals surface area contributed by atoms with Gasteiger partial charge in [0, 0.05) is 42.1 Å². The smallest absolute Gasteiger partial charge is 0.485 e. The molecule has 1 aromatic heterocycles. The van der Waals surface area contributed by atoms with Gasteiger partial charge in [0.2, 0.25) is 12.1 Å². The van der Waals surface area contributed by atoms with E-state index >= 15 is 0 Å². The van der Waals surface area contributed by atoms with Gasteiger partial charge in [-0.15, -0.1) is 16.6 Å². The molecule has 0 saturated heterocycles. The molecular weight excluding hydrogens is 475 g/mol. The first-order valence-corrected chi connectivity index (χ1v) is 10.9. The number of carbonyl (C=O) groups is 1. The molecule has 2 aliphatic rings. The van der Waals surface area contributed by atoms with E-state index in [2.05, 4.69) is 31.2 Å². The Morgan fingerprint density at radius 2 is 1.97 bits per heavy atom. The van der Waals surface area contributed by atoms with Gasteiger partial charge in [0.25, 0.3) is 5.91 Å². The lowest BCUT2D eigenvalue weighted by molar-refractivity contribution is -0.664. The summed E-state index contributed by atoms with van der Waals surface area (Å²) in [6.45, 7) is 2.53. The van der Waals surface area contributed by atoms with Gasteiger partial charge >= 0.3 is 5.51 Å². The average Bonchev–Trinajstić information content (AvgIpc) is 3.23. The molecular formula is C21H16F3N5O4S. The Labute approximate surface area is 192 Å². The first-order chi connectivity index (χ1) is 15.9. The molecule has 1 N–H and O–H groups in total. The zero-order chi connectivity index (χ0) is 25.1. The topological polar surface area (TPSA) is 127 Å². The fourth-order valence-corrected chi connectivity index (χ4v) is 3.08. The van der Waals surface area contributed by atoms with Gasteiger partial charge < -0.3 is 9.87 Å². The number of halogens is 3. The van der Waals surface area contributed by atoms with E-state index in [-0.39, 0.29) is 5.91 Å². The Balaban J connectivity index is 0.000000350. The lowest BCUT2D eigenvalue weighted by Gasteiger charge is -2.12. The second kappa shape index (κ2) is 9.54. The van der Waals surface area contributed by atoms with Crippen molar-refractivity contribution in [3.63, 3.8) is 0 Å². The zero-order valence-corrected chi connectivity index (χ0v) is 18.3. The van der Waals surface area contributed by atoms with Crippen LogP contribution in [0.3, 0.4) is 0 Å². The summed E-state index contributed by atoms with van der Waals surface area (Å²) >= 11 is 0. The summed E-state index contributed by atoms with van der Waals surface area (Å²) in [4.78, 5) is 12.6. The predicted octanol–water partition coefficient (Wildman–Crippen LogP) is 3.09. The van der Waals surface area contributed by atoms with E-state index < -0.39 is 15.6 Å². The number of pyridine rings is 1. The number of aryl methyl sites for hydroxylation is 1. The summed E-state index contributed by atoms with van der Waals surface area (Å²) in [5, 5.41) is 15.4. The van der Waals surface area contributed by atoms with Crippen molar-refractivity contribution in [3.8, 4) is 12.3 Å². The van der Waals surface area contributed by atoms with Crippen molar-refractivity contribution in [2.75, 3.05) is 5.32 Å². The van der Waals surface area contributed by atoms with Crippen molar-refractivity contribution in [2.24, 2.45) is 15.4 Å². The Morgan fingerprint density at radius 1 is 1.26 bits per heavy atom. The molecule has 13 heteroatoms. The molecule has 0 atom stereocenters. The van der Waals surface area contributed by atoms with Crippen molar-refractivity contribution in [1.82, 2.24) is 0 Å². The molecule has 1 amide bonds. The van der Waals surface area contributed by atoms with Crippen LogP contribution in [0.15, 0.2) is 69.2 Å². The third-order valence-electron chi connectivity index (χ3n) is 4.74. The number of allylic oxidation sites excluding steroid dienone is 3. The van der Waals surface area contributed by atoms with Crippen LogP contribution in [0.4, 0.5) is 18.9 Å². The number of hydrogen-bond acceptors (Lipinski definition) is 7. The van der Waals surface area contributed by atoms with E-state index in [9.17, 15) is 18.0 Å². The molecule has 1 aliphatic heterocycles. The molecule has 0 spiro atoms. The number of anilines is 1. The van der Waals surface area contributed by atoms with Crippen LogP contribution in [-0.4, -0.2) is 30.1 Å². The van der Waals surface area contributed by atoms with Crippen LogP contribution in [0.2, 0.25) is 0 Å². The fraction of sp³-hybridized carbons (Fsp3) is 0.190. The van der Waals surface area contributed by atoms with Crippen LogP contribution >= 0.6 is 0 Å². The van der Waals surface area contributed by atoms with Crippen molar-refractivity contribution >= 4 is 38.3 Å².